The highest BCUT2D eigenvalue weighted by molar-refractivity contribution is 6.29. The molecule has 128 valence electrons. The SMILES string of the molecule is COc1cc(NC(=O)c2ccc(Cl)o2)c(C(=O)N(C)C)cc1OC. The second-order valence-corrected chi connectivity index (χ2v) is 5.38. The summed E-state index contributed by atoms with van der Waals surface area (Å²) in [6, 6.07) is 5.91. The van der Waals surface area contributed by atoms with Gasteiger partial charge in [0, 0.05) is 20.2 Å². The van der Waals surface area contributed by atoms with Crippen molar-refractivity contribution >= 4 is 29.1 Å². The maximum absolute atomic E-state index is 12.4. The molecule has 0 unspecified atom stereocenters. The van der Waals surface area contributed by atoms with E-state index in [1.165, 1.54) is 43.4 Å². The molecule has 0 fully saturated rings. The predicted octanol–water partition coefficient (Wildman–Crippen LogP) is 2.90. The van der Waals surface area contributed by atoms with Crippen LogP contribution < -0.4 is 14.8 Å². The van der Waals surface area contributed by atoms with Gasteiger partial charge in [-0.1, -0.05) is 0 Å². The molecule has 0 bridgehead atoms. The van der Waals surface area contributed by atoms with E-state index in [4.69, 9.17) is 25.5 Å². The summed E-state index contributed by atoms with van der Waals surface area (Å²) in [6.45, 7) is 0. The number of furan rings is 1. The summed E-state index contributed by atoms with van der Waals surface area (Å²) in [5.74, 6) is -0.0639. The fourth-order valence-electron chi connectivity index (χ4n) is 2.02. The zero-order valence-electron chi connectivity index (χ0n) is 13.7. The van der Waals surface area contributed by atoms with E-state index in [0.717, 1.165) is 0 Å². The monoisotopic (exact) mass is 352 g/mol. The lowest BCUT2D eigenvalue weighted by molar-refractivity contribution is 0.0828. The average Bonchev–Trinajstić information content (AvgIpc) is 3.00. The number of nitrogens with zero attached hydrogens (tertiary/aromatic N) is 1. The van der Waals surface area contributed by atoms with Gasteiger partial charge in [0.15, 0.2) is 22.5 Å². The van der Waals surface area contributed by atoms with Crippen molar-refractivity contribution in [2.75, 3.05) is 33.6 Å². The molecule has 2 amide bonds. The Balaban J connectivity index is 2.45. The van der Waals surface area contributed by atoms with Crippen LogP contribution in [0.5, 0.6) is 11.5 Å². The lowest BCUT2D eigenvalue weighted by atomic mass is 10.1. The Kier molecular flexibility index (Phi) is 5.35. The fraction of sp³-hybridized carbons (Fsp3) is 0.250. The first-order chi connectivity index (χ1) is 11.4. The summed E-state index contributed by atoms with van der Waals surface area (Å²) in [4.78, 5) is 26.0. The normalized spacial score (nSPS) is 10.2. The van der Waals surface area contributed by atoms with Gasteiger partial charge in [-0.15, -0.1) is 0 Å². The molecule has 1 heterocycles. The maximum atomic E-state index is 12.4. The van der Waals surface area contributed by atoms with Gasteiger partial charge in [0.05, 0.1) is 25.5 Å². The number of rotatable bonds is 5. The lowest BCUT2D eigenvalue weighted by Crippen LogP contribution is -2.24. The zero-order valence-corrected chi connectivity index (χ0v) is 14.4. The summed E-state index contributed by atoms with van der Waals surface area (Å²) >= 11 is 5.67. The number of carbonyl (C=O) groups is 2. The van der Waals surface area contributed by atoms with Gasteiger partial charge in [0.1, 0.15) is 0 Å². The standard InChI is InChI=1S/C16H17ClN2O5/c1-19(2)16(21)9-7-12(22-3)13(23-4)8-10(9)18-15(20)11-5-6-14(17)24-11/h5-8H,1-4H3,(H,18,20). The van der Waals surface area contributed by atoms with Crippen molar-refractivity contribution in [3.63, 3.8) is 0 Å². The van der Waals surface area contributed by atoms with Gasteiger partial charge in [0.25, 0.3) is 11.8 Å². The Morgan fingerprint density at radius 3 is 2.25 bits per heavy atom. The highest BCUT2D eigenvalue weighted by Crippen LogP contribution is 2.34. The van der Waals surface area contributed by atoms with Crippen molar-refractivity contribution in [3.05, 3.63) is 40.8 Å². The van der Waals surface area contributed by atoms with Crippen molar-refractivity contribution < 1.29 is 23.5 Å². The number of hydrogen-bond acceptors (Lipinski definition) is 5. The van der Waals surface area contributed by atoms with Gasteiger partial charge in [-0.05, 0) is 29.8 Å². The number of halogens is 1. The third-order valence-electron chi connectivity index (χ3n) is 3.21. The number of amides is 2. The molecule has 0 saturated carbocycles. The number of benzene rings is 1. The highest BCUT2D eigenvalue weighted by atomic mass is 35.5. The smallest absolute Gasteiger partial charge is 0.291 e. The zero-order chi connectivity index (χ0) is 17.9. The second kappa shape index (κ2) is 7.27. The molecule has 7 nitrogen and oxygen atoms in total. The van der Waals surface area contributed by atoms with Crippen molar-refractivity contribution in [1.82, 2.24) is 4.90 Å². The Labute approximate surface area is 144 Å². The topological polar surface area (TPSA) is 81.0 Å². The molecule has 1 aromatic heterocycles. The molecule has 0 atom stereocenters. The van der Waals surface area contributed by atoms with E-state index >= 15 is 0 Å². The second-order valence-electron chi connectivity index (χ2n) is 5.01. The number of nitrogens with one attached hydrogen (secondary N) is 1. The summed E-state index contributed by atoms with van der Waals surface area (Å²) in [5.41, 5.74) is 0.521. The van der Waals surface area contributed by atoms with Crippen LogP contribution in [0.15, 0.2) is 28.7 Å². The Morgan fingerprint density at radius 1 is 1.12 bits per heavy atom. The van der Waals surface area contributed by atoms with Crippen molar-refractivity contribution in [2.24, 2.45) is 0 Å². The van der Waals surface area contributed by atoms with Crippen LogP contribution in [0.25, 0.3) is 0 Å². The van der Waals surface area contributed by atoms with E-state index in [0.29, 0.717) is 11.5 Å². The van der Waals surface area contributed by atoms with Crippen LogP contribution >= 0.6 is 11.6 Å². The molecule has 2 aromatic rings. The van der Waals surface area contributed by atoms with E-state index in [1.54, 1.807) is 14.1 Å². The minimum atomic E-state index is -0.540. The van der Waals surface area contributed by atoms with Gasteiger partial charge in [-0.25, -0.2) is 0 Å². The fourth-order valence-corrected chi connectivity index (χ4v) is 2.17. The molecule has 0 spiro atoms. The van der Waals surface area contributed by atoms with Gasteiger partial charge in [-0.2, -0.15) is 0 Å². The average molecular weight is 353 g/mol. The molecule has 1 N–H and O–H groups in total. The van der Waals surface area contributed by atoms with E-state index in [1.807, 2.05) is 0 Å². The molecule has 0 radical (unpaired) electrons. The van der Waals surface area contributed by atoms with Crippen molar-refractivity contribution in [2.45, 2.75) is 0 Å². The largest absolute Gasteiger partial charge is 0.493 e. The van der Waals surface area contributed by atoms with Crippen molar-refractivity contribution in [1.29, 1.82) is 0 Å². The molecular weight excluding hydrogens is 336 g/mol. The minimum Gasteiger partial charge on any atom is -0.493 e. The summed E-state index contributed by atoms with van der Waals surface area (Å²) in [7, 11) is 6.14. The first-order valence-electron chi connectivity index (χ1n) is 6.91. The number of carbonyl (C=O) groups excluding carboxylic acids is 2. The Morgan fingerprint density at radius 2 is 1.75 bits per heavy atom. The molecule has 0 aliphatic carbocycles. The Hall–Kier alpha value is -2.67. The minimum absolute atomic E-state index is 0.0260. The van der Waals surface area contributed by atoms with Gasteiger partial charge in [-0.3, -0.25) is 9.59 Å². The summed E-state index contributed by atoms with van der Waals surface area (Å²) in [5, 5.41) is 2.72. The van der Waals surface area contributed by atoms with Gasteiger partial charge in [0.2, 0.25) is 0 Å². The lowest BCUT2D eigenvalue weighted by Gasteiger charge is -2.17. The molecular formula is C16H17ClN2O5. The van der Waals surface area contributed by atoms with Crippen LogP contribution in [-0.4, -0.2) is 45.0 Å². The van der Waals surface area contributed by atoms with E-state index in [-0.39, 0.29) is 28.1 Å². The molecule has 8 heteroatoms. The van der Waals surface area contributed by atoms with E-state index in [9.17, 15) is 9.59 Å². The van der Waals surface area contributed by atoms with E-state index < -0.39 is 5.91 Å². The van der Waals surface area contributed by atoms with Crippen LogP contribution in [0.2, 0.25) is 5.22 Å². The molecule has 0 saturated heterocycles. The van der Waals surface area contributed by atoms with Crippen LogP contribution in [0, 0.1) is 0 Å². The maximum Gasteiger partial charge on any atom is 0.291 e. The molecule has 24 heavy (non-hydrogen) atoms. The van der Waals surface area contributed by atoms with Crippen LogP contribution in [0.1, 0.15) is 20.9 Å². The highest BCUT2D eigenvalue weighted by Gasteiger charge is 2.21. The summed E-state index contributed by atoms with van der Waals surface area (Å²) < 4.78 is 15.5. The number of ether oxygens (including phenoxy) is 2. The first-order valence-corrected chi connectivity index (χ1v) is 7.29. The molecule has 2 rings (SSSR count). The molecule has 0 aliphatic rings. The number of hydrogen-bond donors (Lipinski definition) is 1. The Bertz CT molecular complexity index is 770. The number of anilines is 1. The summed E-state index contributed by atoms with van der Waals surface area (Å²) in [6.07, 6.45) is 0. The molecule has 1 aromatic carbocycles. The van der Waals surface area contributed by atoms with Gasteiger partial charge >= 0.3 is 0 Å². The molecule has 0 aliphatic heterocycles. The predicted molar refractivity (Wildman–Crippen MR) is 89.2 cm³/mol. The van der Waals surface area contributed by atoms with Crippen LogP contribution in [0.4, 0.5) is 5.69 Å². The van der Waals surface area contributed by atoms with Gasteiger partial charge < -0.3 is 24.1 Å². The first kappa shape index (κ1) is 17.7. The van der Waals surface area contributed by atoms with Crippen LogP contribution in [-0.2, 0) is 0 Å². The third-order valence-corrected chi connectivity index (χ3v) is 3.41. The number of methoxy groups -OCH3 is 2. The third kappa shape index (κ3) is 3.62. The quantitative estimate of drug-likeness (QED) is 0.894. The van der Waals surface area contributed by atoms with E-state index in [2.05, 4.69) is 5.32 Å². The van der Waals surface area contributed by atoms with Crippen molar-refractivity contribution in [3.8, 4) is 11.5 Å². The van der Waals surface area contributed by atoms with Crippen LogP contribution in [0.3, 0.4) is 0 Å².